The normalized spacial score (nSPS) is 11.3. The number of carbonyl (C=O) groups excluding carboxylic acids is 4. The molecule has 1 heterocycles. The molecule has 4 aromatic rings. The Balaban J connectivity index is 1.48. The van der Waals surface area contributed by atoms with Crippen LogP contribution in [0.25, 0.3) is 0 Å². The molecule has 0 aliphatic rings. The van der Waals surface area contributed by atoms with E-state index >= 15 is 0 Å². The first kappa shape index (κ1) is 30.5. The van der Waals surface area contributed by atoms with Gasteiger partial charge < -0.3 is 20.7 Å². The van der Waals surface area contributed by atoms with Crippen LogP contribution in [0.5, 0.6) is 0 Å². The van der Waals surface area contributed by atoms with Crippen LogP contribution in [0.1, 0.15) is 55.4 Å². The monoisotopic (exact) mass is 601 g/mol. The van der Waals surface area contributed by atoms with E-state index in [4.69, 9.17) is 4.74 Å². The molecule has 216 valence electrons. The molecule has 3 N–H and O–H groups in total. The van der Waals surface area contributed by atoms with Crippen LogP contribution in [0.15, 0.2) is 83.8 Å². The third-order valence-corrected chi connectivity index (χ3v) is 8.49. The van der Waals surface area contributed by atoms with E-state index in [9.17, 15) is 19.2 Å². The predicted octanol–water partition coefficient (Wildman–Crippen LogP) is 7.17. The molecule has 4 rings (SSSR count). The van der Waals surface area contributed by atoms with Gasteiger partial charge in [-0.25, -0.2) is 4.79 Å². The third-order valence-electron chi connectivity index (χ3n) is 6.19. The molecule has 10 heteroatoms. The van der Waals surface area contributed by atoms with E-state index in [1.807, 2.05) is 31.2 Å². The van der Waals surface area contributed by atoms with Gasteiger partial charge in [-0.1, -0.05) is 42.0 Å². The number of esters is 1. The van der Waals surface area contributed by atoms with Crippen LogP contribution in [-0.2, 0) is 9.53 Å². The van der Waals surface area contributed by atoms with Crippen LogP contribution in [0.3, 0.4) is 0 Å². The molecule has 1 aromatic heterocycles. The van der Waals surface area contributed by atoms with Crippen LogP contribution in [0.2, 0.25) is 0 Å². The predicted molar refractivity (Wildman–Crippen MR) is 169 cm³/mol. The lowest BCUT2D eigenvalue weighted by Crippen LogP contribution is -2.23. The zero-order valence-electron chi connectivity index (χ0n) is 23.6. The summed E-state index contributed by atoms with van der Waals surface area (Å²) in [5.41, 5.74) is 3.42. The topological polar surface area (TPSA) is 114 Å². The number of para-hydroxylation sites is 1. The molecule has 42 heavy (non-hydrogen) atoms. The first-order chi connectivity index (χ1) is 20.2. The number of thiophene rings is 1. The number of hydrogen-bond donors (Lipinski definition) is 3. The van der Waals surface area contributed by atoms with Crippen molar-refractivity contribution < 1.29 is 23.9 Å². The van der Waals surface area contributed by atoms with Gasteiger partial charge in [0.1, 0.15) is 5.00 Å². The molecule has 0 radical (unpaired) electrons. The van der Waals surface area contributed by atoms with E-state index in [1.54, 1.807) is 75.4 Å². The molecule has 0 saturated carbocycles. The van der Waals surface area contributed by atoms with Gasteiger partial charge in [0.15, 0.2) is 0 Å². The number of nitrogens with one attached hydrogen (secondary N) is 3. The maximum atomic E-state index is 13.3. The summed E-state index contributed by atoms with van der Waals surface area (Å²) in [6.45, 7) is 7.20. The number of carbonyl (C=O) groups is 4. The van der Waals surface area contributed by atoms with Crippen molar-refractivity contribution in [3.8, 4) is 0 Å². The zero-order valence-corrected chi connectivity index (χ0v) is 25.3. The Morgan fingerprint density at radius 3 is 2.19 bits per heavy atom. The number of ether oxygens (including phenoxy) is 1. The maximum Gasteiger partial charge on any atom is 0.341 e. The van der Waals surface area contributed by atoms with Gasteiger partial charge in [-0.3, -0.25) is 14.4 Å². The van der Waals surface area contributed by atoms with E-state index < -0.39 is 11.2 Å². The standard InChI is InChI=1S/C32H31N3O5S2/c1-5-40-32(39)26-20(3)27(30(38)33-23-10-7-6-8-11-23)42-31(26)35-28(36)21(4)41-25-13-9-12-24(18-25)34-29(37)22-16-14-19(2)15-17-22/h6-18,21H,5H2,1-4H3,(H,33,38)(H,34,37)(H,35,36). The number of rotatable bonds is 10. The molecule has 0 aliphatic carbocycles. The van der Waals surface area contributed by atoms with Crippen molar-refractivity contribution in [2.24, 2.45) is 0 Å². The first-order valence-electron chi connectivity index (χ1n) is 13.3. The fourth-order valence-corrected chi connectivity index (χ4v) is 6.02. The Hall–Kier alpha value is -4.41. The fraction of sp³-hybridized carbons (Fsp3) is 0.188. The van der Waals surface area contributed by atoms with Gasteiger partial charge in [-0.2, -0.15) is 0 Å². The van der Waals surface area contributed by atoms with Crippen molar-refractivity contribution in [2.75, 3.05) is 22.6 Å². The van der Waals surface area contributed by atoms with Crippen molar-refractivity contribution >= 4 is 63.2 Å². The Bertz CT molecular complexity index is 1600. The molecule has 0 saturated heterocycles. The highest BCUT2D eigenvalue weighted by atomic mass is 32.2. The first-order valence-corrected chi connectivity index (χ1v) is 15.0. The van der Waals surface area contributed by atoms with Gasteiger partial charge in [0.25, 0.3) is 11.8 Å². The van der Waals surface area contributed by atoms with E-state index in [0.717, 1.165) is 21.8 Å². The van der Waals surface area contributed by atoms with Gasteiger partial charge in [0.05, 0.1) is 22.3 Å². The molecule has 3 aromatic carbocycles. The summed E-state index contributed by atoms with van der Waals surface area (Å²) in [7, 11) is 0. The molecular formula is C32H31N3O5S2. The highest BCUT2D eigenvalue weighted by Gasteiger charge is 2.28. The average molecular weight is 602 g/mol. The third kappa shape index (κ3) is 7.65. The highest BCUT2D eigenvalue weighted by molar-refractivity contribution is 8.00. The van der Waals surface area contributed by atoms with Crippen molar-refractivity contribution in [1.82, 2.24) is 0 Å². The van der Waals surface area contributed by atoms with E-state index in [1.165, 1.54) is 11.8 Å². The van der Waals surface area contributed by atoms with Gasteiger partial charge in [-0.05, 0) is 75.7 Å². The van der Waals surface area contributed by atoms with Crippen molar-refractivity contribution in [1.29, 1.82) is 0 Å². The molecule has 0 fully saturated rings. The minimum atomic E-state index is -0.613. The van der Waals surface area contributed by atoms with Crippen LogP contribution < -0.4 is 16.0 Å². The minimum absolute atomic E-state index is 0.149. The number of benzene rings is 3. The average Bonchev–Trinajstić information content (AvgIpc) is 3.29. The van der Waals surface area contributed by atoms with Gasteiger partial charge in [0.2, 0.25) is 5.91 Å². The molecule has 1 atom stereocenters. The second-order valence-electron chi connectivity index (χ2n) is 9.40. The Morgan fingerprint density at radius 2 is 1.50 bits per heavy atom. The number of anilines is 3. The summed E-state index contributed by atoms with van der Waals surface area (Å²) >= 11 is 2.33. The second kappa shape index (κ2) is 14.0. The van der Waals surface area contributed by atoms with E-state index in [-0.39, 0.29) is 34.9 Å². The molecule has 1 unspecified atom stereocenters. The van der Waals surface area contributed by atoms with Gasteiger partial charge in [-0.15, -0.1) is 23.1 Å². The van der Waals surface area contributed by atoms with Crippen molar-refractivity contribution in [3.63, 3.8) is 0 Å². The van der Waals surface area contributed by atoms with Crippen molar-refractivity contribution in [3.05, 3.63) is 106 Å². The largest absolute Gasteiger partial charge is 0.462 e. The molecular weight excluding hydrogens is 571 g/mol. The summed E-state index contributed by atoms with van der Waals surface area (Å²) in [4.78, 5) is 52.9. The zero-order chi connectivity index (χ0) is 30.2. The summed E-state index contributed by atoms with van der Waals surface area (Å²) in [6.07, 6.45) is 0. The smallest absolute Gasteiger partial charge is 0.341 e. The maximum absolute atomic E-state index is 13.3. The van der Waals surface area contributed by atoms with Crippen molar-refractivity contribution in [2.45, 2.75) is 37.8 Å². The Labute approximate surface area is 252 Å². The Morgan fingerprint density at radius 1 is 0.833 bits per heavy atom. The van der Waals surface area contributed by atoms with E-state index in [2.05, 4.69) is 16.0 Å². The number of aryl methyl sites for hydroxylation is 1. The molecule has 0 bridgehead atoms. The quantitative estimate of drug-likeness (QED) is 0.131. The lowest BCUT2D eigenvalue weighted by Gasteiger charge is -2.13. The number of thioether (sulfide) groups is 1. The molecule has 0 spiro atoms. The van der Waals surface area contributed by atoms with Gasteiger partial charge >= 0.3 is 5.97 Å². The summed E-state index contributed by atoms with van der Waals surface area (Å²) in [5, 5.41) is 8.23. The van der Waals surface area contributed by atoms with Crippen LogP contribution in [0.4, 0.5) is 16.4 Å². The van der Waals surface area contributed by atoms with Crippen LogP contribution >= 0.6 is 23.1 Å². The summed E-state index contributed by atoms with van der Waals surface area (Å²) in [5.74, 6) is -1.58. The van der Waals surface area contributed by atoms with Gasteiger partial charge in [0, 0.05) is 21.8 Å². The second-order valence-corrected chi connectivity index (χ2v) is 11.8. The lowest BCUT2D eigenvalue weighted by molar-refractivity contribution is -0.115. The fourth-order valence-electron chi connectivity index (χ4n) is 4.00. The van der Waals surface area contributed by atoms with Crippen LogP contribution in [-0.4, -0.2) is 35.5 Å². The SMILES string of the molecule is CCOC(=O)c1c(NC(=O)C(C)Sc2cccc(NC(=O)c3ccc(C)cc3)c2)sc(C(=O)Nc2ccccc2)c1C. The van der Waals surface area contributed by atoms with E-state index in [0.29, 0.717) is 27.4 Å². The highest BCUT2D eigenvalue weighted by Crippen LogP contribution is 2.35. The lowest BCUT2D eigenvalue weighted by atomic mass is 10.1. The number of amides is 3. The molecule has 8 nitrogen and oxygen atoms in total. The summed E-state index contributed by atoms with van der Waals surface area (Å²) < 4.78 is 5.23. The molecule has 0 aliphatic heterocycles. The Kier molecular flexibility index (Phi) is 10.2. The molecule has 3 amide bonds. The summed E-state index contributed by atoms with van der Waals surface area (Å²) in [6, 6.07) is 23.5. The minimum Gasteiger partial charge on any atom is -0.462 e. The van der Waals surface area contributed by atoms with Crippen LogP contribution in [0, 0.1) is 13.8 Å². The number of hydrogen-bond acceptors (Lipinski definition) is 7.